The molecule has 2 N–H and O–H groups in total. The molecule has 1 saturated carbocycles. The number of nitrogens with zero attached hydrogens (tertiary/aromatic N) is 2. The number of amides is 2. The summed E-state index contributed by atoms with van der Waals surface area (Å²) in [5, 5.41) is 18.1. The molecule has 2 amide bonds. The highest BCUT2D eigenvalue weighted by atomic mass is 16.4. The predicted molar refractivity (Wildman–Crippen MR) is 78.6 cm³/mol. The van der Waals surface area contributed by atoms with Crippen LogP contribution in [0.25, 0.3) is 0 Å². The molecule has 1 aromatic rings. The molecule has 0 heterocycles. The second kappa shape index (κ2) is 6.58. The Balaban J connectivity index is 2.20. The normalized spacial score (nSPS) is 13.8. The van der Waals surface area contributed by atoms with Crippen molar-refractivity contribution in [2.24, 2.45) is 0 Å². The van der Waals surface area contributed by atoms with Gasteiger partial charge in [0.05, 0.1) is 18.7 Å². The van der Waals surface area contributed by atoms with Crippen LogP contribution < -0.4 is 4.90 Å². The minimum atomic E-state index is -1.00. The summed E-state index contributed by atoms with van der Waals surface area (Å²) in [5.41, 5.74) is 0.767. The van der Waals surface area contributed by atoms with Crippen LogP contribution in [0.15, 0.2) is 24.3 Å². The molecule has 0 spiro atoms. The average Bonchev–Trinajstić information content (AvgIpc) is 3.30. The minimum absolute atomic E-state index is 0.142. The molecule has 0 atom stereocenters. The van der Waals surface area contributed by atoms with E-state index in [0.717, 1.165) is 12.8 Å². The minimum Gasteiger partial charge on any atom is -0.478 e. The van der Waals surface area contributed by atoms with Gasteiger partial charge in [-0.25, -0.2) is 9.59 Å². The van der Waals surface area contributed by atoms with E-state index in [2.05, 4.69) is 0 Å². The molecule has 1 aromatic carbocycles. The molecule has 1 aliphatic carbocycles. The zero-order valence-electron chi connectivity index (χ0n) is 12.0. The molecule has 1 fully saturated rings. The van der Waals surface area contributed by atoms with Gasteiger partial charge in [-0.2, -0.15) is 0 Å². The summed E-state index contributed by atoms with van der Waals surface area (Å²) in [6, 6.07) is 6.26. The molecule has 0 unspecified atom stereocenters. The van der Waals surface area contributed by atoms with Crippen molar-refractivity contribution < 1.29 is 19.8 Å². The first-order chi connectivity index (χ1) is 10.1. The van der Waals surface area contributed by atoms with Crippen LogP contribution in [0.5, 0.6) is 0 Å². The third kappa shape index (κ3) is 3.52. The molecule has 0 aromatic heterocycles. The molecule has 114 valence electrons. The van der Waals surface area contributed by atoms with Crippen molar-refractivity contribution in [2.75, 3.05) is 24.6 Å². The van der Waals surface area contributed by atoms with Crippen LogP contribution in [-0.2, 0) is 0 Å². The SMILES string of the molecule is CCN(C(=O)N(CCO)c1ccc(C(=O)O)cc1)C1CC1. The van der Waals surface area contributed by atoms with E-state index in [0.29, 0.717) is 18.3 Å². The Bertz CT molecular complexity index is 511. The van der Waals surface area contributed by atoms with Gasteiger partial charge in [-0.3, -0.25) is 4.90 Å². The lowest BCUT2D eigenvalue weighted by atomic mass is 10.2. The van der Waals surface area contributed by atoms with Crippen molar-refractivity contribution in [3.8, 4) is 0 Å². The van der Waals surface area contributed by atoms with Gasteiger partial charge in [0.2, 0.25) is 0 Å². The number of aromatic carboxylic acids is 1. The van der Waals surface area contributed by atoms with Gasteiger partial charge in [0.25, 0.3) is 0 Å². The molecule has 0 bridgehead atoms. The smallest absolute Gasteiger partial charge is 0.335 e. The zero-order valence-corrected chi connectivity index (χ0v) is 12.0. The van der Waals surface area contributed by atoms with E-state index in [9.17, 15) is 14.7 Å². The molecule has 0 radical (unpaired) electrons. The lowest BCUT2D eigenvalue weighted by Gasteiger charge is -2.29. The number of carboxylic acids is 1. The first-order valence-electron chi connectivity index (χ1n) is 7.10. The van der Waals surface area contributed by atoms with Crippen LogP contribution in [0.2, 0.25) is 0 Å². The van der Waals surface area contributed by atoms with Crippen LogP contribution in [0.4, 0.5) is 10.5 Å². The van der Waals surface area contributed by atoms with Crippen molar-refractivity contribution in [3.63, 3.8) is 0 Å². The fourth-order valence-electron chi connectivity index (χ4n) is 2.31. The van der Waals surface area contributed by atoms with E-state index < -0.39 is 5.97 Å². The van der Waals surface area contributed by atoms with Gasteiger partial charge in [0.1, 0.15) is 0 Å². The van der Waals surface area contributed by atoms with Crippen LogP contribution in [0.1, 0.15) is 30.1 Å². The van der Waals surface area contributed by atoms with Crippen molar-refractivity contribution >= 4 is 17.7 Å². The second-order valence-electron chi connectivity index (χ2n) is 5.03. The van der Waals surface area contributed by atoms with E-state index in [1.807, 2.05) is 6.92 Å². The van der Waals surface area contributed by atoms with Crippen LogP contribution in [-0.4, -0.2) is 52.9 Å². The maximum absolute atomic E-state index is 12.6. The molecule has 21 heavy (non-hydrogen) atoms. The summed E-state index contributed by atoms with van der Waals surface area (Å²) in [4.78, 5) is 26.7. The predicted octanol–water partition coefficient (Wildman–Crippen LogP) is 1.79. The summed E-state index contributed by atoms with van der Waals surface area (Å²) in [7, 11) is 0. The van der Waals surface area contributed by atoms with E-state index >= 15 is 0 Å². The molecular formula is C15H20N2O4. The number of hydrogen-bond donors (Lipinski definition) is 2. The first-order valence-corrected chi connectivity index (χ1v) is 7.10. The van der Waals surface area contributed by atoms with Crippen LogP contribution in [0.3, 0.4) is 0 Å². The standard InChI is InChI=1S/C15H20N2O4/c1-2-16(12-7-8-12)15(21)17(9-10-18)13-5-3-11(4-6-13)14(19)20/h3-6,12,18H,2,7-10H2,1H3,(H,19,20). The number of carbonyl (C=O) groups is 2. The Hall–Kier alpha value is -2.08. The van der Waals surface area contributed by atoms with E-state index in [-0.39, 0.29) is 24.7 Å². The lowest BCUT2D eigenvalue weighted by Crippen LogP contribution is -2.45. The summed E-state index contributed by atoms with van der Waals surface area (Å²) in [6.45, 7) is 2.60. The topological polar surface area (TPSA) is 81.1 Å². The number of rotatable bonds is 6. The number of benzene rings is 1. The Morgan fingerprint density at radius 1 is 1.24 bits per heavy atom. The summed E-state index contributed by atoms with van der Waals surface area (Å²) >= 11 is 0. The molecule has 6 heteroatoms. The molecule has 0 saturated heterocycles. The van der Waals surface area contributed by atoms with E-state index in [4.69, 9.17) is 5.11 Å². The highest BCUT2D eigenvalue weighted by molar-refractivity contribution is 5.93. The van der Waals surface area contributed by atoms with Crippen molar-refractivity contribution in [1.29, 1.82) is 0 Å². The van der Waals surface area contributed by atoms with E-state index in [1.165, 1.54) is 17.0 Å². The molecule has 6 nitrogen and oxygen atoms in total. The number of carbonyl (C=O) groups excluding carboxylic acids is 1. The van der Waals surface area contributed by atoms with Crippen LogP contribution >= 0.6 is 0 Å². The van der Waals surface area contributed by atoms with Crippen molar-refractivity contribution in [3.05, 3.63) is 29.8 Å². The van der Waals surface area contributed by atoms with Gasteiger partial charge in [0, 0.05) is 18.3 Å². The van der Waals surface area contributed by atoms with Gasteiger partial charge < -0.3 is 15.1 Å². The van der Waals surface area contributed by atoms with E-state index in [1.54, 1.807) is 17.0 Å². The summed E-state index contributed by atoms with van der Waals surface area (Å²) in [6.07, 6.45) is 2.04. The Morgan fingerprint density at radius 3 is 2.29 bits per heavy atom. The Labute approximate surface area is 123 Å². The van der Waals surface area contributed by atoms with Crippen molar-refractivity contribution in [2.45, 2.75) is 25.8 Å². The monoisotopic (exact) mass is 292 g/mol. The summed E-state index contributed by atoms with van der Waals surface area (Å²) < 4.78 is 0. The van der Waals surface area contributed by atoms with Gasteiger partial charge in [0.15, 0.2) is 0 Å². The molecule has 0 aliphatic heterocycles. The number of aliphatic hydroxyl groups is 1. The van der Waals surface area contributed by atoms with Gasteiger partial charge in [-0.05, 0) is 44.0 Å². The van der Waals surface area contributed by atoms with Crippen molar-refractivity contribution in [1.82, 2.24) is 4.90 Å². The molecule has 1 aliphatic rings. The van der Waals surface area contributed by atoms with Gasteiger partial charge >= 0.3 is 12.0 Å². The molecule has 2 rings (SSSR count). The average molecular weight is 292 g/mol. The molecular weight excluding hydrogens is 272 g/mol. The fraction of sp³-hybridized carbons (Fsp3) is 0.467. The highest BCUT2D eigenvalue weighted by Gasteiger charge is 2.34. The lowest BCUT2D eigenvalue weighted by molar-refractivity contribution is 0.0697. The number of hydrogen-bond acceptors (Lipinski definition) is 3. The Kier molecular flexibility index (Phi) is 4.80. The quantitative estimate of drug-likeness (QED) is 0.837. The van der Waals surface area contributed by atoms with Gasteiger partial charge in [-0.1, -0.05) is 0 Å². The second-order valence-corrected chi connectivity index (χ2v) is 5.03. The number of urea groups is 1. The maximum Gasteiger partial charge on any atom is 0.335 e. The van der Waals surface area contributed by atoms with Crippen LogP contribution in [0, 0.1) is 0 Å². The Morgan fingerprint density at radius 2 is 1.86 bits per heavy atom. The largest absolute Gasteiger partial charge is 0.478 e. The number of anilines is 1. The summed E-state index contributed by atoms with van der Waals surface area (Å²) in [5.74, 6) is -1.00. The van der Waals surface area contributed by atoms with Gasteiger partial charge in [-0.15, -0.1) is 0 Å². The highest BCUT2D eigenvalue weighted by Crippen LogP contribution is 2.28. The number of carboxylic acid groups (broad SMARTS) is 1. The third-order valence-electron chi connectivity index (χ3n) is 3.55. The zero-order chi connectivity index (χ0) is 15.4. The third-order valence-corrected chi connectivity index (χ3v) is 3.55. The number of aliphatic hydroxyl groups excluding tert-OH is 1. The first kappa shape index (κ1) is 15.3. The fourth-order valence-corrected chi connectivity index (χ4v) is 2.31. The maximum atomic E-state index is 12.6.